The molecule has 0 radical (unpaired) electrons. The standard InChI is InChI=1S/C20H20ClN5O4S2/c21-15-4-2-5-16(12-15)26-19(23-24-20(26)31-13-18(22)27)14-3-1-6-17(11-14)32(28,29)25-7-9-30-10-8-25/h1-6,11-12H,7-10,13H2,(H2,22,27). The monoisotopic (exact) mass is 493 g/mol. The predicted molar refractivity (Wildman–Crippen MR) is 121 cm³/mol. The van der Waals surface area contributed by atoms with Crippen molar-refractivity contribution in [3.63, 3.8) is 0 Å². The van der Waals surface area contributed by atoms with Gasteiger partial charge in [-0.05, 0) is 30.3 Å². The van der Waals surface area contributed by atoms with Crippen LogP contribution < -0.4 is 5.73 Å². The minimum absolute atomic E-state index is 0.0180. The Kier molecular flexibility index (Phi) is 6.82. The normalized spacial score (nSPS) is 15.0. The average molecular weight is 494 g/mol. The second kappa shape index (κ2) is 9.59. The molecular weight excluding hydrogens is 474 g/mol. The quantitative estimate of drug-likeness (QED) is 0.501. The van der Waals surface area contributed by atoms with Crippen molar-refractivity contribution in [3.05, 3.63) is 53.6 Å². The van der Waals surface area contributed by atoms with E-state index in [2.05, 4.69) is 10.2 Å². The number of hydrogen-bond donors (Lipinski definition) is 1. The molecule has 2 N–H and O–H groups in total. The Morgan fingerprint density at radius 2 is 1.88 bits per heavy atom. The van der Waals surface area contributed by atoms with E-state index in [1.165, 1.54) is 4.31 Å². The number of aromatic nitrogens is 3. The Hall–Kier alpha value is -2.44. The first-order valence-corrected chi connectivity index (χ1v) is 12.5. The highest BCUT2D eigenvalue weighted by Crippen LogP contribution is 2.30. The summed E-state index contributed by atoms with van der Waals surface area (Å²) in [5.74, 6) is -0.0569. The van der Waals surface area contributed by atoms with Gasteiger partial charge in [-0.3, -0.25) is 9.36 Å². The van der Waals surface area contributed by atoms with E-state index in [1.807, 2.05) is 6.07 Å². The molecule has 1 saturated heterocycles. The van der Waals surface area contributed by atoms with Crippen LogP contribution in [0.25, 0.3) is 17.1 Å². The summed E-state index contributed by atoms with van der Waals surface area (Å²) in [5.41, 5.74) is 6.52. The molecule has 168 valence electrons. The zero-order valence-electron chi connectivity index (χ0n) is 16.8. The van der Waals surface area contributed by atoms with Gasteiger partial charge in [0.1, 0.15) is 0 Å². The van der Waals surface area contributed by atoms with Crippen molar-refractivity contribution in [2.75, 3.05) is 32.1 Å². The first-order chi connectivity index (χ1) is 15.4. The summed E-state index contributed by atoms with van der Waals surface area (Å²) in [6.45, 7) is 1.34. The van der Waals surface area contributed by atoms with Crippen molar-refractivity contribution in [2.45, 2.75) is 10.1 Å². The summed E-state index contributed by atoms with van der Waals surface area (Å²) in [6, 6.07) is 13.6. The highest BCUT2D eigenvalue weighted by Gasteiger charge is 2.27. The second-order valence-corrected chi connectivity index (χ2v) is 10.2. The van der Waals surface area contributed by atoms with Crippen molar-refractivity contribution in [3.8, 4) is 17.1 Å². The molecule has 9 nitrogen and oxygen atoms in total. The smallest absolute Gasteiger partial charge is 0.243 e. The fourth-order valence-corrected chi connectivity index (χ4v) is 5.60. The van der Waals surface area contributed by atoms with Crippen molar-refractivity contribution in [2.24, 2.45) is 5.73 Å². The third-order valence-electron chi connectivity index (χ3n) is 4.74. The van der Waals surface area contributed by atoms with Gasteiger partial charge in [0.05, 0.1) is 29.5 Å². The molecule has 0 saturated carbocycles. The molecule has 1 amide bonds. The maximum absolute atomic E-state index is 13.1. The zero-order chi connectivity index (χ0) is 22.7. The van der Waals surface area contributed by atoms with Crippen molar-refractivity contribution < 1.29 is 17.9 Å². The molecule has 0 atom stereocenters. The molecule has 12 heteroatoms. The van der Waals surface area contributed by atoms with Gasteiger partial charge in [-0.25, -0.2) is 8.42 Å². The predicted octanol–water partition coefficient (Wildman–Crippen LogP) is 2.19. The minimum Gasteiger partial charge on any atom is -0.379 e. The lowest BCUT2D eigenvalue weighted by atomic mass is 10.2. The number of primary amides is 1. The molecule has 0 unspecified atom stereocenters. The number of carbonyl (C=O) groups is 1. The molecule has 1 fully saturated rings. The Balaban J connectivity index is 1.78. The van der Waals surface area contributed by atoms with Crippen LogP contribution in [0.1, 0.15) is 0 Å². The largest absolute Gasteiger partial charge is 0.379 e. The maximum Gasteiger partial charge on any atom is 0.243 e. The van der Waals surface area contributed by atoms with Crippen molar-refractivity contribution in [1.29, 1.82) is 0 Å². The Morgan fingerprint density at radius 1 is 1.12 bits per heavy atom. The van der Waals surface area contributed by atoms with E-state index in [-0.39, 0.29) is 10.6 Å². The average Bonchev–Trinajstić information content (AvgIpc) is 3.22. The molecule has 4 rings (SSSR count). The molecule has 1 aliphatic rings. The molecule has 0 bridgehead atoms. The lowest BCUT2D eigenvalue weighted by Crippen LogP contribution is -2.40. The number of nitrogens with zero attached hydrogens (tertiary/aromatic N) is 4. The molecule has 0 spiro atoms. The van der Waals surface area contributed by atoms with Gasteiger partial charge in [0, 0.05) is 23.7 Å². The summed E-state index contributed by atoms with van der Waals surface area (Å²) in [7, 11) is -3.68. The number of halogens is 1. The number of thioether (sulfide) groups is 1. The number of hydrogen-bond acceptors (Lipinski definition) is 7. The topological polar surface area (TPSA) is 120 Å². The number of amides is 1. The molecule has 2 heterocycles. The lowest BCUT2D eigenvalue weighted by Gasteiger charge is -2.26. The van der Waals surface area contributed by atoms with Crippen molar-refractivity contribution >= 4 is 39.3 Å². The van der Waals surface area contributed by atoms with Gasteiger partial charge in [-0.1, -0.05) is 41.6 Å². The molecule has 0 aliphatic carbocycles. The van der Waals surface area contributed by atoms with Crippen LogP contribution in [0.4, 0.5) is 0 Å². The van der Waals surface area contributed by atoms with Gasteiger partial charge in [0.15, 0.2) is 11.0 Å². The highest BCUT2D eigenvalue weighted by atomic mass is 35.5. The van der Waals surface area contributed by atoms with E-state index in [4.69, 9.17) is 22.1 Å². The van der Waals surface area contributed by atoms with Crippen LogP contribution in [0.3, 0.4) is 0 Å². The number of ether oxygens (including phenoxy) is 1. The van der Waals surface area contributed by atoms with Crippen LogP contribution in [0, 0.1) is 0 Å². The lowest BCUT2D eigenvalue weighted by molar-refractivity contribution is -0.115. The van der Waals surface area contributed by atoms with E-state index in [9.17, 15) is 13.2 Å². The van der Waals surface area contributed by atoms with E-state index < -0.39 is 15.9 Å². The fraction of sp³-hybridized carbons (Fsp3) is 0.250. The summed E-state index contributed by atoms with van der Waals surface area (Å²) in [6.07, 6.45) is 0. The first kappa shape index (κ1) is 22.7. The van der Waals surface area contributed by atoms with Gasteiger partial charge >= 0.3 is 0 Å². The number of nitrogens with two attached hydrogens (primary N) is 1. The van der Waals surface area contributed by atoms with E-state index in [0.717, 1.165) is 11.8 Å². The molecule has 2 aromatic carbocycles. The first-order valence-electron chi connectivity index (χ1n) is 9.67. The third kappa shape index (κ3) is 4.81. The number of carbonyl (C=O) groups excluding carboxylic acids is 1. The van der Waals surface area contributed by atoms with E-state index in [0.29, 0.717) is 53.6 Å². The molecule has 1 aliphatic heterocycles. The van der Waals surface area contributed by atoms with Crippen LogP contribution in [-0.4, -0.2) is 65.5 Å². The minimum atomic E-state index is -3.68. The number of benzene rings is 2. The van der Waals surface area contributed by atoms with Crippen LogP contribution in [0.15, 0.2) is 58.6 Å². The number of morpholine rings is 1. The summed E-state index contributed by atoms with van der Waals surface area (Å²) >= 11 is 7.32. The van der Waals surface area contributed by atoms with Gasteiger partial charge in [0.2, 0.25) is 15.9 Å². The number of sulfonamides is 1. The Morgan fingerprint density at radius 3 is 2.59 bits per heavy atom. The third-order valence-corrected chi connectivity index (χ3v) is 7.82. The van der Waals surface area contributed by atoms with Crippen LogP contribution in [0.2, 0.25) is 5.02 Å². The van der Waals surface area contributed by atoms with E-state index >= 15 is 0 Å². The molecular formula is C20H20ClN5O4S2. The van der Waals surface area contributed by atoms with Crippen LogP contribution in [-0.2, 0) is 19.6 Å². The van der Waals surface area contributed by atoms with Crippen LogP contribution in [0.5, 0.6) is 0 Å². The zero-order valence-corrected chi connectivity index (χ0v) is 19.2. The SMILES string of the molecule is NC(=O)CSc1nnc(-c2cccc(S(=O)(=O)N3CCOCC3)c2)n1-c1cccc(Cl)c1. The summed E-state index contributed by atoms with van der Waals surface area (Å²) in [5, 5.41) is 9.42. The Bertz CT molecular complexity index is 1240. The summed E-state index contributed by atoms with van der Waals surface area (Å²) in [4.78, 5) is 11.5. The van der Waals surface area contributed by atoms with Gasteiger partial charge in [0.25, 0.3) is 0 Å². The highest BCUT2D eigenvalue weighted by molar-refractivity contribution is 7.99. The summed E-state index contributed by atoms with van der Waals surface area (Å²) < 4.78 is 34.6. The molecule has 3 aromatic rings. The van der Waals surface area contributed by atoms with Crippen LogP contribution >= 0.6 is 23.4 Å². The van der Waals surface area contributed by atoms with Gasteiger partial charge in [-0.15, -0.1) is 10.2 Å². The Labute approximate surface area is 194 Å². The molecule has 32 heavy (non-hydrogen) atoms. The number of rotatable bonds is 7. The second-order valence-electron chi connectivity index (χ2n) is 6.92. The van der Waals surface area contributed by atoms with Gasteiger partial charge in [-0.2, -0.15) is 4.31 Å². The fourth-order valence-electron chi connectivity index (χ4n) is 3.27. The van der Waals surface area contributed by atoms with Gasteiger partial charge < -0.3 is 10.5 Å². The molecule has 1 aromatic heterocycles. The van der Waals surface area contributed by atoms with Crippen molar-refractivity contribution in [1.82, 2.24) is 19.1 Å². The van der Waals surface area contributed by atoms with E-state index in [1.54, 1.807) is 47.0 Å². The maximum atomic E-state index is 13.1.